The van der Waals surface area contributed by atoms with Crippen LogP contribution in [-0.4, -0.2) is 20.9 Å². The molecule has 3 aromatic rings. The van der Waals surface area contributed by atoms with Crippen LogP contribution in [0.1, 0.15) is 19.5 Å². The third-order valence-electron chi connectivity index (χ3n) is 4.42. The van der Waals surface area contributed by atoms with Gasteiger partial charge in [-0.25, -0.2) is 0 Å². The average Bonchev–Trinajstić information content (AvgIpc) is 2.84. The Hall–Kier alpha value is -1.14. The van der Waals surface area contributed by atoms with Gasteiger partial charge in [0.15, 0.2) is 0 Å². The van der Waals surface area contributed by atoms with E-state index < -0.39 is 0 Å². The minimum absolute atomic E-state index is 0.0859. The number of aryl methyl sites for hydroxylation is 1. The number of hydrogen-bond donors (Lipinski definition) is 0. The molecule has 3 heteroatoms. The summed E-state index contributed by atoms with van der Waals surface area (Å²) in [5.41, 5.74) is 5.66. The minimum atomic E-state index is 0.0859. The molecular formula is C19H18AlNS+. The van der Waals surface area contributed by atoms with Gasteiger partial charge in [-0.2, -0.15) is 0 Å². The normalized spacial score (nSPS) is 15.5. The summed E-state index contributed by atoms with van der Waals surface area (Å²) < 4.78 is 2.61. The summed E-state index contributed by atoms with van der Waals surface area (Å²) in [5.74, 6) is 0. The fraction of sp³-hybridized carbons (Fsp3) is 0.263. The van der Waals surface area contributed by atoms with Crippen LogP contribution in [0, 0.1) is 0 Å². The van der Waals surface area contributed by atoms with E-state index in [1.54, 1.807) is 0 Å². The number of hydrogen-bond acceptors (Lipinski definition) is 1. The van der Waals surface area contributed by atoms with Crippen LogP contribution in [0.4, 0.5) is 0 Å². The van der Waals surface area contributed by atoms with E-state index in [4.69, 9.17) is 0 Å². The summed E-state index contributed by atoms with van der Waals surface area (Å²) >= 11 is 4.85. The van der Waals surface area contributed by atoms with Gasteiger partial charge in [-0.1, -0.05) is 0 Å². The van der Waals surface area contributed by atoms with Crippen molar-refractivity contribution in [3.8, 4) is 11.1 Å². The second-order valence-corrected chi connectivity index (χ2v) is 8.53. The molecule has 1 radical (unpaired) electrons. The summed E-state index contributed by atoms with van der Waals surface area (Å²) in [6, 6.07) is 17.7. The molecule has 0 bridgehead atoms. The van der Waals surface area contributed by atoms with E-state index >= 15 is 0 Å². The fourth-order valence-corrected chi connectivity index (χ4v) is 5.19. The van der Waals surface area contributed by atoms with Crippen molar-refractivity contribution in [3.63, 3.8) is 0 Å². The average molecular weight is 319 g/mol. The van der Waals surface area contributed by atoms with Crippen LogP contribution in [0.25, 0.3) is 22.0 Å². The van der Waals surface area contributed by atoms with E-state index in [0.717, 1.165) is 11.8 Å². The Morgan fingerprint density at radius 3 is 2.59 bits per heavy atom. The van der Waals surface area contributed by atoms with Crippen molar-refractivity contribution in [1.29, 1.82) is 0 Å². The summed E-state index contributed by atoms with van der Waals surface area (Å²) in [4.78, 5) is 1.40. The van der Waals surface area contributed by atoms with Gasteiger partial charge in [-0.3, -0.25) is 0 Å². The summed E-state index contributed by atoms with van der Waals surface area (Å²) in [6.07, 6.45) is 0. The molecule has 107 valence electrons. The molecule has 0 saturated carbocycles. The van der Waals surface area contributed by atoms with Crippen LogP contribution >= 0.6 is 11.8 Å². The Kier molecular flexibility index (Phi) is 3.42. The molecule has 2 heterocycles. The molecule has 0 saturated heterocycles. The zero-order valence-corrected chi connectivity index (χ0v) is 14.9. The van der Waals surface area contributed by atoms with Crippen molar-refractivity contribution in [2.75, 3.05) is 0 Å². The van der Waals surface area contributed by atoms with Crippen LogP contribution < -0.4 is 0 Å². The Morgan fingerprint density at radius 1 is 1.05 bits per heavy atom. The van der Waals surface area contributed by atoms with Crippen molar-refractivity contribution >= 4 is 39.0 Å². The SMILES string of the molecule is CC1(C)Sc2ccccc2-c2c1n(C[CH2][Al+])c1ccccc21. The zero-order valence-electron chi connectivity index (χ0n) is 13.0. The molecule has 0 unspecified atom stereocenters. The van der Waals surface area contributed by atoms with Gasteiger partial charge >= 0.3 is 144 Å². The standard InChI is InChI=1S/C19H18NS.Al/c1-4-20-15-11-7-5-9-13(15)17-14-10-6-8-12-16(14)21-19(2,3)18(17)20;/h5-12H,1,4H2,2-3H3;/q;+1. The number of thioether (sulfide) groups is 1. The van der Waals surface area contributed by atoms with Gasteiger partial charge in [0.1, 0.15) is 0 Å². The van der Waals surface area contributed by atoms with Crippen LogP contribution in [-0.2, 0) is 11.3 Å². The molecule has 4 rings (SSSR count). The summed E-state index contributed by atoms with van der Waals surface area (Å²) in [6.45, 7) is 5.75. The molecule has 0 N–H and O–H groups in total. The van der Waals surface area contributed by atoms with Gasteiger partial charge in [-0.05, 0) is 0 Å². The number of nitrogens with zero attached hydrogens (tertiary/aromatic N) is 1. The first-order valence-electron chi connectivity index (χ1n) is 7.73. The van der Waals surface area contributed by atoms with E-state index in [-0.39, 0.29) is 4.75 Å². The maximum atomic E-state index is 2.87. The number of para-hydroxylation sites is 1. The molecule has 0 atom stereocenters. The molecular weight excluding hydrogens is 301 g/mol. The van der Waals surface area contributed by atoms with Crippen molar-refractivity contribution in [2.24, 2.45) is 0 Å². The quantitative estimate of drug-likeness (QED) is 0.585. The monoisotopic (exact) mass is 319 g/mol. The molecule has 1 nitrogen and oxygen atoms in total. The number of aromatic nitrogens is 1. The molecule has 0 aliphatic carbocycles. The van der Waals surface area contributed by atoms with Gasteiger partial charge < -0.3 is 0 Å². The first kappa shape index (κ1) is 14.5. The van der Waals surface area contributed by atoms with Crippen LogP contribution in [0.2, 0.25) is 5.28 Å². The zero-order chi connectivity index (χ0) is 15.3. The number of rotatable bonds is 2. The second-order valence-electron chi connectivity index (χ2n) is 6.29. The van der Waals surface area contributed by atoms with Gasteiger partial charge in [0.25, 0.3) is 0 Å². The van der Waals surface area contributed by atoms with E-state index in [0.29, 0.717) is 0 Å². The predicted octanol–water partition coefficient (Wildman–Crippen LogP) is 5.24. The molecule has 2 aromatic carbocycles. The molecule has 0 amide bonds. The molecule has 1 aliphatic rings. The van der Waals surface area contributed by atoms with Crippen molar-refractivity contribution in [1.82, 2.24) is 4.57 Å². The second kappa shape index (κ2) is 5.20. The van der Waals surface area contributed by atoms with Crippen LogP contribution in [0.3, 0.4) is 0 Å². The van der Waals surface area contributed by atoms with E-state index in [2.05, 4.69) is 83.2 Å². The van der Waals surface area contributed by atoms with Gasteiger partial charge in [0, 0.05) is 0 Å². The maximum absolute atomic E-state index is 2.87. The Balaban J connectivity index is 2.17. The number of benzene rings is 2. The Labute approximate surface area is 144 Å². The summed E-state index contributed by atoms with van der Waals surface area (Å²) in [5, 5.41) is 2.46. The molecule has 1 aliphatic heterocycles. The van der Waals surface area contributed by atoms with Gasteiger partial charge in [-0.15, -0.1) is 0 Å². The molecule has 22 heavy (non-hydrogen) atoms. The molecule has 1 aromatic heterocycles. The summed E-state index contributed by atoms with van der Waals surface area (Å²) in [7, 11) is 0. The first-order chi connectivity index (χ1) is 10.6. The first-order valence-corrected chi connectivity index (χ1v) is 9.37. The Bertz CT molecular complexity index is 863. The molecule has 0 fully saturated rings. The molecule has 0 spiro atoms. The third kappa shape index (κ3) is 2.00. The fourth-order valence-electron chi connectivity index (χ4n) is 3.65. The van der Waals surface area contributed by atoms with Crippen molar-refractivity contribution in [3.05, 3.63) is 54.2 Å². The number of fused-ring (bicyclic) bond motifs is 5. The van der Waals surface area contributed by atoms with Crippen molar-refractivity contribution in [2.45, 2.75) is 35.3 Å². The van der Waals surface area contributed by atoms with E-state index in [9.17, 15) is 0 Å². The van der Waals surface area contributed by atoms with Crippen molar-refractivity contribution < 1.29 is 0 Å². The Morgan fingerprint density at radius 2 is 1.77 bits per heavy atom. The predicted molar refractivity (Wildman–Crippen MR) is 96.8 cm³/mol. The van der Waals surface area contributed by atoms with E-state index in [1.807, 2.05) is 11.8 Å². The van der Waals surface area contributed by atoms with Gasteiger partial charge in [0.05, 0.1) is 0 Å². The topological polar surface area (TPSA) is 4.93 Å². The van der Waals surface area contributed by atoms with Gasteiger partial charge in [0.2, 0.25) is 0 Å². The van der Waals surface area contributed by atoms with Crippen LogP contribution in [0.15, 0.2) is 53.4 Å². The van der Waals surface area contributed by atoms with E-state index in [1.165, 1.54) is 32.6 Å². The van der Waals surface area contributed by atoms with Crippen LogP contribution in [0.5, 0.6) is 0 Å². The third-order valence-corrected chi connectivity index (χ3v) is 5.95.